The van der Waals surface area contributed by atoms with Crippen LogP contribution in [0.2, 0.25) is 0 Å². The molecule has 96 valence electrons. The monoisotopic (exact) mass is 261 g/mol. The standard InChI is InChI=1S/C12H8FN3O3/c1-16-10(4-9(15-16)12(18)19)6-2-7(5-14)11(17)8(13)3-6/h2-4,17H,1H3,(H,18,19). The summed E-state index contributed by atoms with van der Waals surface area (Å²) in [6.07, 6.45) is 0. The topological polar surface area (TPSA) is 99.1 Å². The van der Waals surface area contributed by atoms with Crippen molar-refractivity contribution in [3.63, 3.8) is 0 Å². The fourth-order valence-corrected chi connectivity index (χ4v) is 1.67. The Kier molecular flexibility index (Phi) is 2.92. The summed E-state index contributed by atoms with van der Waals surface area (Å²) in [5.74, 6) is -2.89. The third-order valence-corrected chi connectivity index (χ3v) is 2.58. The third-order valence-electron chi connectivity index (χ3n) is 2.58. The number of rotatable bonds is 2. The zero-order chi connectivity index (χ0) is 14.2. The molecule has 2 aromatic rings. The van der Waals surface area contributed by atoms with E-state index in [1.54, 1.807) is 6.07 Å². The van der Waals surface area contributed by atoms with Gasteiger partial charge in [0.1, 0.15) is 6.07 Å². The molecule has 2 rings (SSSR count). The molecular weight excluding hydrogens is 253 g/mol. The maximum Gasteiger partial charge on any atom is 0.356 e. The summed E-state index contributed by atoms with van der Waals surface area (Å²) in [5.41, 5.74) is 0.166. The zero-order valence-electron chi connectivity index (χ0n) is 9.75. The number of aromatic hydroxyl groups is 1. The number of nitriles is 1. The lowest BCUT2D eigenvalue weighted by Crippen LogP contribution is -1.99. The first-order chi connectivity index (χ1) is 8.93. The number of aromatic nitrogens is 2. The van der Waals surface area contributed by atoms with Crippen molar-refractivity contribution in [3.8, 4) is 23.1 Å². The molecule has 1 aromatic carbocycles. The Hall–Kier alpha value is -2.88. The molecule has 0 saturated heterocycles. The maximum absolute atomic E-state index is 13.5. The number of carboxylic acids is 1. The second-order valence-corrected chi connectivity index (χ2v) is 3.81. The molecule has 0 radical (unpaired) electrons. The van der Waals surface area contributed by atoms with Crippen LogP contribution in [-0.2, 0) is 7.05 Å². The highest BCUT2D eigenvalue weighted by molar-refractivity contribution is 5.87. The van der Waals surface area contributed by atoms with E-state index in [1.165, 1.54) is 23.9 Å². The van der Waals surface area contributed by atoms with Crippen LogP contribution in [0.5, 0.6) is 5.75 Å². The lowest BCUT2D eigenvalue weighted by molar-refractivity contribution is 0.0689. The van der Waals surface area contributed by atoms with Gasteiger partial charge >= 0.3 is 5.97 Å². The molecule has 0 fully saturated rings. The number of halogens is 1. The van der Waals surface area contributed by atoms with Crippen molar-refractivity contribution >= 4 is 5.97 Å². The van der Waals surface area contributed by atoms with Crippen LogP contribution in [0.25, 0.3) is 11.3 Å². The van der Waals surface area contributed by atoms with Gasteiger partial charge < -0.3 is 10.2 Å². The molecular formula is C12H8FN3O3. The highest BCUT2D eigenvalue weighted by Gasteiger charge is 2.16. The van der Waals surface area contributed by atoms with E-state index in [0.717, 1.165) is 6.07 Å². The predicted octanol–water partition coefficient (Wildman–Crippen LogP) is 1.50. The van der Waals surface area contributed by atoms with Gasteiger partial charge in [-0.25, -0.2) is 9.18 Å². The van der Waals surface area contributed by atoms with Gasteiger partial charge in [-0.3, -0.25) is 4.68 Å². The van der Waals surface area contributed by atoms with Crippen LogP contribution in [0, 0.1) is 17.1 Å². The van der Waals surface area contributed by atoms with E-state index < -0.39 is 17.5 Å². The van der Waals surface area contributed by atoms with Crippen LogP contribution in [0.15, 0.2) is 18.2 Å². The SMILES string of the molecule is Cn1nc(C(=O)O)cc1-c1cc(F)c(O)c(C#N)c1. The van der Waals surface area contributed by atoms with Crippen molar-refractivity contribution < 1.29 is 19.4 Å². The second kappa shape index (κ2) is 4.42. The number of aromatic carboxylic acids is 1. The van der Waals surface area contributed by atoms with E-state index in [-0.39, 0.29) is 16.8 Å². The fourth-order valence-electron chi connectivity index (χ4n) is 1.67. The van der Waals surface area contributed by atoms with E-state index in [9.17, 15) is 14.3 Å². The van der Waals surface area contributed by atoms with Crippen molar-refractivity contribution in [1.29, 1.82) is 5.26 Å². The number of carboxylic acid groups (broad SMARTS) is 1. The number of hydrogen-bond donors (Lipinski definition) is 2. The van der Waals surface area contributed by atoms with Crippen molar-refractivity contribution in [3.05, 3.63) is 35.3 Å². The molecule has 0 aliphatic rings. The first-order valence-corrected chi connectivity index (χ1v) is 5.14. The molecule has 0 aliphatic carbocycles. The molecule has 2 N–H and O–H groups in total. The summed E-state index contributed by atoms with van der Waals surface area (Å²) in [4.78, 5) is 10.8. The van der Waals surface area contributed by atoms with Gasteiger partial charge in [-0.05, 0) is 18.2 Å². The van der Waals surface area contributed by atoms with Gasteiger partial charge in [0.15, 0.2) is 17.3 Å². The minimum atomic E-state index is -1.21. The first-order valence-electron chi connectivity index (χ1n) is 5.14. The number of aryl methyl sites for hydroxylation is 1. The number of benzene rings is 1. The van der Waals surface area contributed by atoms with E-state index in [4.69, 9.17) is 10.4 Å². The summed E-state index contributed by atoms with van der Waals surface area (Å²) >= 11 is 0. The van der Waals surface area contributed by atoms with Gasteiger partial charge in [0.05, 0.1) is 11.3 Å². The van der Waals surface area contributed by atoms with Crippen LogP contribution in [0.1, 0.15) is 16.1 Å². The van der Waals surface area contributed by atoms with E-state index in [1.807, 2.05) is 0 Å². The van der Waals surface area contributed by atoms with Crippen molar-refractivity contribution in [1.82, 2.24) is 9.78 Å². The van der Waals surface area contributed by atoms with E-state index in [2.05, 4.69) is 5.10 Å². The minimum Gasteiger partial charge on any atom is -0.504 e. The van der Waals surface area contributed by atoms with Crippen molar-refractivity contribution in [2.75, 3.05) is 0 Å². The summed E-state index contributed by atoms with van der Waals surface area (Å²) in [6, 6.07) is 5.20. The lowest BCUT2D eigenvalue weighted by atomic mass is 10.1. The maximum atomic E-state index is 13.5. The number of phenolic OH excluding ortho intramolecular Hbond substituents is 1. The fraction of sp³-hybridized carbons (Fsp3) is 0.0833. The van der Waals surface area contributed by atoms with Gasteiger partial charge in [0.25, 0.3) is 0 Å². The Morgan fingerprint density at radius 1 is 1.47 bits per heavy atom. The van der Waals surface area contributed by atoms with Gasteiger partial charge in [0, 0.05) is 12.6 Å². The van der Waals surface area contributed by atoms with Gasteiger partial charge in [0.2, 0.25) is 0 Å². The summed E-state index contributed by atoms with van der Waals surface area (Å²) in [6.45, 7) is 0. The van der Waals surface area contributed by atoms with E-state index >= 15 is 0 Å². The van der Waals surface area contributed by atoms with Gasteiger partial charge in [-0.2, -0.15) is 10.4 Å². The van der Waals surface area contributed by atoms with Crippen molar-refractivity contribution in [2.24, 2.45) is 7.05 Å². The number of phenols is 1. The highest BCUT2D eigenvalue weighted by atomic mass is 19.1. The number of hydrogen-bond acceptors (Lipinski definition) is 4. The quantitative estimate of drug-likeness (QED) is 0.853. The molecule has 0 saturated carbocycles. The van der Waals surface area contributed by atoms with E-state index in [0.29, 0.717) is 5.69 Å². The van der Waals surface area contributed by atoms with Crippen LogP contribution in [-0.4, -0.2) is 26.0 Å². The Bertz CT molecular complexity index is 716. The molecule has 1 heterocycles. The third kappa shape index (κ3) is 2.11. The zero-order valence-corrected chi connectivity index (χ0v) is 9.75. The molecule has 0 aliphatic heterocycles. The average molecular weight is 261 g/mol. The molecule has 0 amide bonds. The van der Waals surface area contributed by atoms with Crippen LogP contribution >= 0.6 is 0 Å². The van der Waals surface area contributed by atoms with Gasteiger partial charge in [-0.1, -0.05) is 0 Å². The predicted molar refractivity (Wildman–Crippen MR) is 61.9 cm³/mol. The smallest absolute Gasteiger partial charge is 0.356 e. The highest BCUT2D eigenvalue weighted by Crippen LogP contribution is 2.28. The van der Waals surface area contributed by atoms with Gasteiger partial charge in [-0.15, -0.1) is 0 Å². The molecule has 0 bridgehead atoms. The summed E-state index contributed by atoms with van der Waals surface area (Å²) in [5, 5.41) is 30.7. The Labute approximate surface area is 106 Å². The Balaban J connectivity index is 2.63. The second-order valence-electron chi connectivity index (χ2n) is 3.81. The normalized spacial score (nSPS) is 10.2. The molecule has 6 nitrogen and oxygen atoms in total. The number of carbonyl (C=O) groups is 1. The molecule has 19 heavy (non-hydrogen) atoms. The van der Waals surface area contributed by atoms with Crippen molar-refractivity contribution in [2.45, 2.75) is 0 Å². The first kappa shape index (κ1) is 12.6. The minimum absolute atomic E-state index is 0.190. The summed E-state index contributed by atoms with van der Waals surface area (Å²) < 4.78 is 14.7. The largest absolute Gasteiger partial charge is 0.504 e. The molecule has 7 heteroatoms. The lowest BCUT2D eigenvalue weighted by Gasteiger charge is -2.04. The molecule has 1 aromatic heterocycles. The van der Waals surface area contributed by atoms with Crippen LogP contribution in [0.3, 0.4) is 0 Å². The molecule has 0 unspecified atom stereocenters. The van der Waals surface area contributed by atoms with Crippen LogP contribution < -0.4 is 0 Å². The van der Waals surface area contributed by atoms with Crippen LogP contribution in [0.4, 0.5) is 4.39 Å². The average Bonchev–Trinajstić information content (AvgIpc) is 2.75. The molecule has 0 atom stereocenters. The Morgan fingerprint density at radius 2 is 2.16 bits per heavy atom. The Morgan fingerprint density at radius 3 is 2.68 bits per heavy atom. The summed E-state index contributed by atoms with van der Waals surface area (Å²) in [7, 11) is 1.50. The molecule has 0 spiro atoms. The number of nitrogens with zero attached hydrogens (tertiary/aromatic N) is 3.